The monoisotopic (exact) mass is 1280 g/mol. The zero-order valence-electron chi connectivity index (χ0n) is 57.8. The molecule has 0 spiro atoms. The summed E-state index contributed by atoms with van der Waals surface area (Å²) in [5, 5.41) is 0. The van der Waals surface area contributed by atoms with Gasteiger partial charge in [-0.25, -0.2) is 0 Å². The smallest absolute Gasteiger partial charge is 0.130 e. The molecule has 0 aliphatic rings. The van der Waals surface area contributed by atoms with Gasteiger partial charge in [0.15, 0.2) is 0 Å². The van der Waals surface area contributed by atoms with Gasteiger partial charge in [0, 0.05) is 37.7 Å². The van der Waals surface area contributed by atoms with Gasteiger partial charge in [0.05, 0.1) is 56.4 Å². The molecule has 5 aromatic rings. The first-order valence-corrected chi connectivity index (χ1v) is 30.7. The summed E-state index contributed by atoms with van der Waals surface area (Å²) in [6.45, 7) is 32.0. The van der Waals surface area contributed by atoms with Crippen LogP contribution >= 0.6 is 0 Å². The van der Waals surface area contributed by atoms with E-state index in [1.165, 1.54) is 118 Å². The van der Waals surface area contributed by atoms with Crippen molar-refractivity contribution in [1.29, 1.82) is 0 Å². The summed E-state index contributed by atoms with van der Waals surface area (Å²) in [4.78, 5) is 5.48. The second kappa shape index (κ2) is 97.9. The predicted octanol–water partition coefficient (Wildman–Crippen LogP) is 19.6. The minimum atomic E-state index is 0. The van der Waals surface area contributed by atoms with Crippen molar-refractivity contribution in [2.45, 2.75) is 183 Å². The Balaban J connectivity index is -0.0000000770. The van der Waals surface area contributed by atoms with Crippen LogP contribution in [0, 0.1) is 116 Å². The van der Waals surface area contributed by atoms with Crippen LogP contribution in [0.2, 0.25) is 0 Å². The third-order valence-corrected chi connectivity index (χ3v) is 11.0. The van der Waals surface area contributed by atoms with Gasteiger partial charge in [-0.2, -0.15) is 0 Å². The Kier molecular flexibility index (Phi) is 120. The quantitative estimate of drug-likeness (QED) is 0.0359. The minimum absolute atomic E-state index is 0. The zero-order valence-corrected chi connectivity index (χ0v) is 58.5. The van der Waals surface area contributed by atoms with E-state index in [4.69, 9.17) is 6.42 Å². The Morgan fingerprint density at radius 2 is 0.652 bits per heavy atom. The van der Waals surface area contributed by atoms with Crippen molar-refractivity contribution in [3.8, 4) is 71.5 Å². The van der Waals surface area contributed by atoms with Crippen LogP contribution in [-0.2, 0) is 0 Å². The number of para-hydroxylation sites is 4. The largest absolute Gasteiger partial charge is 0.307 e. The fraction of sp³-hybridized carbons (Fsp3) is 0.402. The van der Waals surface area contributed by atoms with Gasteiger partial charge >= 0.3 is 0 Å². The number of rotatable bonds is 19. The number of unbranched alkanes of at least 4 members (excludes halogenated alkanes) is 9. The second-order valence-corrected chi connectivity index (χ2v) is 19.7. The van der Waals surface area contributed by atoms with Gasteiger partial charge in [0.1, 0.15) is 22.7 Å². The van der Waals surface area contributed by atoms with Crippen molar-refractivity contribution < 1.29 is 57.3 Å². The fourth-order valence-corrected chi connectivity index (χ4v) is 5.90. The number of nitrogens with one attached hydrogen (secondary N) is 4. The van der Waals surface area contributed by atoms with Gasteiger partial charge < -0.3 is 19.6 Å². The summed E-state index contributed by atoms with van der Waals surface area (Å²) in [6.07, 6.45) is 33.2. The van der Waals surface area contributed by atoms with Crippen LogP contribution in [-0.4, -0.2) is 56.4 Å². The number of terminal acetylenes is 1. The average molecular weight is 1280 g/mol. The van der Waals surface area contributed by atoms with Crippen molar-refractivity contribution in [3.63, 3.8) is 0 Å². The maximum atomic E-state index is 4.72. The van der Waals surface area contributed by atoms with E-state index in [1.54, 1.807) is 20.8 Å². The maximum absolute atomic E-state index is 4.72. The molecule has 5 heteroatoms. The summed E-state index contributed by atoms with van der Waals surface area (Å²) >= 11 is 0. The SMILES string of the molecule is C.C.C.C.C.C#CC#CC.C=CCC/C=C/c1ccc(C)cc1.C=CCCC.C=CCCCC.C=CCCCCCCC.CC#CC.CC#CC#CC#CC.C[NH+](C)c1ccccc1.C[NH+](C)c1ccccc1.C[NH+](C)c1ccccc1.C[NH+](C)c1ccccc1.[Ar]. The summed E-state index contributed by atoms with van der Waals surface area (Å²) in [5.41, 5.74) is 7.91. The molecule has 0 aromatic heterocycles. The molecule has 0 amide bonds. The van der Waals surface area contributed by atoms with Crippen LogP contribution in [0.15, 0.2) is 202 Å². The molecule has 4 nitrogen and oxygen atoms in total. The van der Waals surface area contributed by atoms with Gasteiger partial charge in [-0.1, -0.05) is 260 Å². The van der Waals surface area contributed by atoms with Crippen molar-refractivity contribution in [1.82, 2.24) is 0 Å². The van der Waals surface area contributed by atoms with Gasteiger partial charge in [0.25, 0.3) is 0 Å². The third-order valence-electron chi connectivity index (χ3n) is 11.0. The number of aryl methyl sites for hydroxylation is 1. The van der Waals surface area contributed by atoms with Gasteiger partial charge in [-0.05, 0) is 170 Å². The number of allylic oxidation sites excluding steroid dienone is 5. The molecular weight excluding hydrogens is 1140 g/mol. The van der Waals surface area contributed by atoms with Gasteiger partial charge in [-0.3, -0.25) is 0 Å². The first kappa shape index (κ1) is 113. The Labute approximate surface area is 605 Å². The summed E-state index contributed by atoms with van der Waals surface area (Å²) in [5.74, 6) is 27.9. The standard InChI is InChI=1S/C13H16.C9H18.4C8H11N.C8H6.C6H12.C5H10.C5H4.C4H6.5CH4.Ar/c1-3-4-5-6-7-13-10-8-12(2)9-11-13;1-3-5-7-9-8-6-4-2;4*1-9(2)8-6-4-3-5-7-8;1-3-5-7-8-6-4-2;1-3-5-6-4-2;2*1-3-5-4-2;1-3-4-2;;;;;;/h3,6-11H,1,4-5H2,2H3;3H,1,4-9H2,2H3;4*3-7H,1-2H3;1-2H3;3H,1,4-6H2,2H3;3H,1,4-5H2,2H3;1H,2H3;1-2H3;5*1H4;/p+4/b7-6+;;;;;;;;;;;;;;;;. The van der Waals surface area contributed by atoms with E-state index in [0.29, 0.717) is 0 Å². The van der Waals surface area contributed by atoms with E-state index in [9.17, 15) is 0 Å². The van der Waals surface area contributed by atoms with Gasteiger partial charge in [-0.15, -0.1) is 44.6 Å². The molecule has 512 valence electrons. The van der Waals surface area contributed by atoms with Gasteiger partial charge in [0.2, 0.25) is 0 Å². The summed E-state index contributed by atoms with van der Waals surface area (Å²) < 4.78 is 0. The van der Waals surface area contributed by atoms with Crippen LogP contribution < -0.4 is 19.6 Å². The molecule has 4 N–H and O–H groups in total. The molecule has 5 rings (SSSR count). The number of quaternary nitrogens is 4. The first-order chi connectivity index (χ1) is 41.5. The summed E-state index contributed by atoms with van der Waals surface area (Å²) in [6, 6.07) is 50.1. The molecule has 0 aliphatic carbocycles. The van der Waals surface area contributed by atoms with Crippen LogP contribution in [0.3, 0.4) is 0 Å². The Morgan fingerprint density at radius 1 is 0.348 bits per heavy atom. The molecule has 0 aliphatic heterocycles. The van der Waals surface area contributed by atoms with E-state index in [1.807, 2.05) is 62.4 Å². The molecule has 0 saturated heterocycles. The zero-order chi connectivity index (χ0) is 66.0. The average Bonchev–Trinajstić information content (AvgIpc) is 3.74. The van der Waals surface area contributed by atoms with Crippen LogP contribution in [0.25, 0.3) is 6.08 Å². The molecule has 92 heavy (non-hydrogen) atoms. The van der Waals surface area contributed by atoms with Crippen molar-refractivity contribution in [3.05, 3.63) is 213 Å². The van der Waals surface area contributed by atoms with Crippen molar-refractivity contribution in [2.75, 3.05) is 56.4 Å². The normalized spacial score (nSPS) is 7.96. The number of hydrogen-bond acceptors (Lipinski definition) is 0. The summed E-state index contributed by atoms with van der Waals surface area (Å²) in [7, 11) is 17.0. The number of benzene rings is 5. The molecule has 0 radical (unpaired) electrons. The molecule has 0 unspecified atom stereocenters. The fourth-order valence-electron chi connectivity index (χ4n) is 5.90. The Morgan fingerprint density at radius 3 is 0.859 bits per heavy atom. The van der Waals surface area contributed by atoms with E-state index < -0.39 is 0 Å². The molecule has 5 aromatic carbocycles. The van der Waals surface area contributed by atoms with E-state index in [0.717, 1.165) is 19.3 Å². The molecular formula is C87H140ArN4+4. The van der Waals surface area contributed by atoms with Crippen LogP contribution in [0.5, 0.6) is 0 Å². The second-order valence-electron chi connectivity index (χ2n) is 19.7. The third kappa shape index (κ3) is 96.9. The Hall–Kier alpha value is -6.74. The van der Waals surface area contributed by atoms with Crippen LogP contribution in [0.1, 0.15) is 187 Å². The van der Waals surface area contributed by atoms with Crippen molar-refractivity contribution in [2.24, 2.45) is 0 Å². The maximum Gasteiger partial charge on any atom is 0.130 e. The molecule has 0 bridgehead atoms. The minimum Gasteiger partial charge on any atom is -0.307 e. The predicted molar refractivity (Wildman–Crippen MR) is 423 cm³/mol. The molecule has 0 atom stereocenters. The Bertz CT molecular complexity index is 2450. The van der Waals surface area contributed by atoms with E-state index in [2.05, 4.69) is 309 Å². The van der Waals surface area contributed by atoms with Crippen LogP contribution in [0.4, 0.5) is 22.7 Å². The first-order valence-electron chi connectivity index (χ1n) is 30.7. The molecule has 0 saturated carbocycles. The van der Waals surface area contributed by atoms with E-state index in [-0.39, 0.29) is 74.9 Å². The number of hydrogen-bond donors (Lipinski definition) is 4. The topological polar surface area (TPSA) is 17.8 Å². The van der Waals surface area contributed by atoms with E-state index >= 15 is 0 Å². The molecule has 0 fully saturated rings. The van der Waals surface area contributed by atoms with Crippen molar-refractivity contribution >= 4 is 28.8 Å². The molecule has 0 heterocycles.